The molecule has 1 N–H and O–H groups in total. The Kier molecular flexibility index (Phi) is 5.88. The molecule has 27 heavy (non-hydrogen) atoms. The quantitative estimate of drug-likeness (QED) is 0.760. The van der Waals surface area contributed by atoms with Gasteiger partial charge in [-0.05, 0) is 85.4 Å². The third-order valence-electron chi connectivity index (χ3n) is 5.66. The highest BCUT2D eigenvalue weighted by Gasteiger charge is 2.19. The Bertz CT molecular complexity index is 839. The van der Waals surface area contributed by atoms with Crippen LogP contribution in [0.1, 0.15) is 83.7 Å². The van der Waals surface area contributed by atoms with Gasteiger partial charge in [0.05, 0.1) is 13.2 Å². The van der Waals surface area contributed by atoms with Crippen molar-refractivity contribution in [1.29, 1.82) is 0 Å². The minimum absolute atomic E-state index is 0.0197. The molecule has 0 fully saturated rings. The number of carbonyl (C=O) groups is 1. The number of benzene rings is 2. The number of aryl methyl sites for hydroxylation is 3. The second-order valence-electron chi connectivity index (χ2n) is 7.99. The molecular formula is C24H31NO2. The first-order valence-electron chi connectivity index (χ1n) is 10.0. The van der Waals surface area contributed by atoms with Crippen molar-refractivity contribution in [3.05, 3.63) is 63.7 Å². The summed E-state index contributed by atoms with van der Waals surface area (Å²) in [5.41, 5.74) is 6.82. The highest BCUT2D eigenvalue weighted by molar-refractivity contribution is 5.96. The Morgan fingerprint density at radius 1 is 1.04 bits per heavy atom. The summed E-state index contributed by atoms with van der Waals surface area (Å²) < 4.78 is 5.49. The summed E-state index contributed by atoms with van der Waals surface area (Å²) in [4.78, 5) is 13.0. The van der Waals surface area contributed by atoms with Crippen molar-refractivity contribution in [2.45, 2.75) is 65.3 Å². The lowest BCUT2D eigenvalue weighted by molar-refractivity contribution is 0.0939. The van der Waals surface area contributed by atoms with E-state index < -0.39 is 0 Å². The van der Waals surface area contributed by atoms with Crippen molar-refractivity contribution in [2.75, 3.05) is 7.11 Å². The molecule has 0 saturated carbocycles. The van der Waals surface area contributed by atoms with Crippen molar-refractivity contribution in [2.24, 2.45) is 0 Å². The number of fused-ring (bicyclic) bond motifs is 1. The molecule has 1 aliphatic rings. The predicted molar refractivity (Wildman–Crippen MR) is 111 cm³/mol. The van der Waals surface area contributed by atoms with Gasteiger partial charge in [-0.3, -0.25) is 4.79 Å². The number of ether oxygens (including phenoxy) is 1. The summed E-state index contributed by atoms with van der Waals surface area (Å²) >= 11 is 0. The number of amides is 1. The van der Waals surface area contributed by atoms with Gasteiger partial charge in [0.2, 0.25) is 0 Å². The smallest absolute Gasteiger partial charge is 0.252 e. The molecule has 0 unspecified atom stereocenters. The van der Waals surface area contributed by atoms with E-state index in [1.54, 1.807) is 7.11 Å². The molecule has 0 radical (unpaired) electrons. The molecule has 0 aromatic heterocycles. The first-order chi connectivity index (χ1) is 12.9. The van der Waals surface area contributed by atoms with Gasteiger partial charge in [-0.15, -0.1) is 0 Å². The van der Waals surface area contributed by atoms with Crippen molar-refractivity contribution < 1.29 is 9.53 Å². The first kappa shape index (κ1) is 19.5. The third kappa shape index (κ3) is 4.18. The molecule has 0 aliphatic heterocycles. The monoisotopic (exact) mass is 365 g/mol. The van der Waals surface area contributed by atoms with Gasteiger partial charge in [0.15, 0.2) is 0 Å². The molecule has 2 aromatic carbocycles. The summed E-state index contributed by atoms with van der Waals surface area (Å²) in [6, 6.07) is 10.6. The maximum Gasteiger partial charge on any atom is 0.252 e. The molecule has 3 nitrogen and oxygen atoms in total. The molecule has 3 rings (SSSR count). The van der Waals surface area contributed by atoms with Crippen LogP contribution < -0.4 is 10.1 Å². The first-order valence-corrected chi connectivity index (χ1v) is 10.0. The second-order valence-corrected chi connectivity index (χ2v) is 7.99. The van der Waals surface area contributed by atoms with Crippen LogP contribution in [0.25, 0.3) is 0 Å². The number of carbonyl (C=O) groups excluding carboxylic acids is 1. The molecular weight excluding hydrogens is 334 g/mol. The van der Waals surface area contributed by atoms with Crippen LogP contribution in [-0.2, 0) is 12.8 Å². The maximum absolute atomic E-state index is 13.0. The lowest BCUT2D eigenvalue weighted by Crippen LogP contribution is -2.27. The molecule has 144 valence electrons. The zero-order valence-electron chi connectivity index (χ0n) is 17.2. The van der Waals surface area contributed by atoms with Crippen molar-refractivity contribution in [3.63, 3.8) is 0 Å². The van der Waals surface area contributed by atoms with Crippen LogP contribution in [-0.4, -0.2) is 13.0 Å². The number of methoxy groups -OCH3 is 1. The van der Waals surface area contributed by atoms with Crippen LogP contribution in [0, 0.1) is 6.92 Å². The number of rotatable bonds is 5. The van der Waals surface area contributed by atoms with E-state index in [0.29, 0.717) is 5.92 Å². The van der Waals surface area contributed by atoms with Crippen LogP contribution in [0.4, 0.5) is 0 Å². The van der Waals surface area contributed by atoms with Crippen molar-refractivity contribution in [1.82, 2.24) is 5.32 Å². The predicted octanol–water partition coefficient (Wildman–Crippen LogP) is 5.50. The molecule has 3 heteroatoms. The summed E-state index contributed by atoms with van der Waals surface area (Å²) in [5.74, 6) is 1.12. The van der Waals surface area contributed by atoms with Gasteiger partial charge >= 0.3 is 0 Å². The molecule has 0 heterocycles. The van der Waals surface area contributed by atoms with Gasteiger partial charge in [-0.1, -0.05) is 32.0 Å². The van der Waals surface area contributed by atoms with E-state index in [1.807, 2.05) is 19.1 Å². The molecule has 1 aliphatic carbocycles. The second kappa shape index (κ2) is 8.16. The molecule has 0 bridgehead atoms. The van der Waals surface area contributed by atoms with Crippen molar-refractivity contribution in [3.8, 4) is 5.75 Å². The standard InChI is InChI=1S/C24H31NO2/c1-15(2)21-14-22(16(3)12-23(21)27-5)24(26)25-17(4)19-11-10-18-8-6-7-9-20(18)13-19/h10-15,17H,6-9H2,1-5H3,(H,25,26)/t17-/m0/s1. The van der Waals surface area contributed by atoms with Crippen LogP contribution in [0.3, 0.4) is 0 Å². The van der Waals surface area contributed by atoms with Crippen LogP contribution in [0.15, 0.2) is 30.3 Å². The number of hydrogen-bond acceptors (Lipinski definition) is 2. The van der Waals surface area contributed by atoms with E-state index in [-0.39, 0.29) is 11.9 Å². The average Bonchev–Trinajstić information content (AvgIpc) is 2.66. The minimum atomic E-state index is -0.0257. The molecule has 0 saturated heterocycles. The summed E-state index contributed by atoms with van der Waals surface area (Å²) in [6.07, 6.45) is 4.88. The van der Waals surface area contributed by atoms with Crippen LogP contribution in [0.2, 0.25) is 0 Å². The van der Waals surface area contributed by atoms with Gasteiger partial charge in [0.1, 0.15) is 5.75 Å². The third-order valence-corrected chi connectivity index (χ3v) is 5.66. The number of nitrogens with one attached hydrogen (secondary N) is 1. The number of hydrogen-bond donors (Lipinski definition) is 1. The van der Waals surface area contributed by atoms with E-state index in [2.05, 4.69) is 44.3 Å². The lowest BCUT2D eigenvalue weighted by Gasteiger charge is -2.21. The fraction of sp³-hybridized carbons (Fsp3) is 0.458. The normalized spacial score (nSPS) is 14.6. The van der Waals surface area contributed by atoms with Crippen LogP contribution >= 0.6 is 0 Å². The molecule has 0 spiro atoms. The van der Waals surface area contributed by atoms with E-state index in [4.69, 9.17) is 4.74 Å². The lowest BCUT2D eigenvalue weighted by atomic mass is 9.89. The SMILES string of the molecule is COc1cc(C)c(C(=O)N[C@@H](C)c2ccc3c(c2)CCCC3)cc1C(C)C. The van der Waals surface area contributed by atoms with E-state index in [0.717, 1.165) is 28.9 Å². The van der Waals surface area contributed by atoms with Gasteiger partial charge in [-0.25, -0.2) is 0 Å². The van der Waals surface area contributed by atoms with Crippen molar-refractivity contribution >= 4 is 5.91 Å². The van der Waals surface area contributed by atoms with Gasteiger partial charge in [-0.2, -0.15) is 0 Å². The van der Waals surface area contributed by atoms with Gasteiger partial charge < -0.3 is 10.1 Å². The Balaban J connectivity index is 1.81. The van der Waals surface area contributed by atoms with Gasteiger partial charge in [0, 0.05) is 5.56 Å². The summed E-state index contributed by atoms with van der Waals surface area (Å²) in [7, 11) is 1.68. The van der Waals surface area contributed by atoms with E-state index in [1.165, 1.54) is 36.0 Å². The van der Waals surface area contributed by atoms with Crippen LogP contribution in [0.5, 0.6) is 5.75 Å². The Morgan fingerprint density at radius 2 is 1.74 bits per heavy atom. The van der Waals surface area contributed by atoms with Gasteiger partial charge in [0.25, 0.3) is 5.91 Å². The topological polar surface area (TPSA) is 38.3 Å². The Morgan fingerprint density at radius 3 is 2.41 bits per heavy atom. The molecule has 2 aromatic rings. The van der Waals surface area contributed by atoms with E-state index in [9.17, 15) is 4.79 Å². The minimum Gasteiger partial charge on any atom is -0.496 e. The zero-order valence-corrected chi connectivity index (χ0v) is 17.2. The average molecular weight is 366 g/mol. The Labute approximate surface area is 163 Å². The highest BCUT2D eigenvalue weighted by Crippen LogP contribution is 2.30. The molecule has 1 amide bonds. The fourth-order valence-electron chi connectivity index (χ4n) is 3.95. The largest absolute Gasteiger partial charge is 0.496 e. The fourth-order valence-corrected chi connectivity index (χ4v) is 3.95. The maximum atomic E-state index is 13.0. The highest BCUT2D eigenvalue weighted by atomic mass is 16.5. The van der Waals surface area contributed by atoms with E-state index >= 15 is 0 Å². The zero-order chi connectivity index (χ0) is 19.6. The Hall–Kier alpha value is -2.29. The molecule has 1 atom stereocenters. The summed E-state index contributed by atoms with van der Waals surface area (Å²) in [6.45, 7) is 8.25. The summed E-state index contributed by atoms with van der Waals surface area (Å²) in [5, 5.41) is 3.18.